The molecule has 1 fully saturated rings. The van der Waals surface area contributed by atoms with Crippen molar-refractivity contribution in [3.63, 3.8) is 0 Å². The van der Waals surface area contributed by atoms with Gasteiger partial charge in [-0.1, -0.05) is 0 Å². The van der Waals surface area contributed by atoms with E-state index >= 15 is 0 Å². The van der Waals surface area contributed by atoms with Crippen molar-refractivity contribution >= 4 is 28.5 Å². The zero-order valence-corrected chi connectivity index (χ0v) is 17.5. The smallest absolute Gasteiger partial charge is 0.335 e. The van der Waals surface area contributed by atoms with Crippen molar-refractivity contribution in [3.05, 3.63) is 36.4 Å². The van der Waals surface area contributed by atoms with E-state index in [0.29, 0.717) is 11.9 Å². The molecule has 0 saturated carbocycles. The minimum absolute atomic E-state index is 0.191. The van der Waals surface area contributed by atoms with Gasteiger partial charge in [-0.25, -0.2) is 19.7 Å². The molecule has 1 aliphatic rings. The molecule has 0 radical (unpaired) electrons. The molecule has 3 aromatic rings. The van der Waals surface area contributed by atoms with E-state index in [2.05, 4.69) is 50.8 Å². The second kappa shape index (κ2) is 8.27. The Morgan fingerprint density at radius 2 is 2.10 bits per heavy atom. The van der Waals surface area contributed by atoms with E-state index in [0.717, 1.165) is 55.3 Å². The lowest BCUT2D eigenvalue weighted by Gasteiger charge is -2.35. The van der Waals surface area contributed by atoms with Crippen molar-refractivity contribution in [2.75, 3.05) is 42.5 Å². The number of fused-ring (bicyclic) bond motifs is 1. The van der Waals surface area contributed by atoms with E-state index in [-0.39, 0.29) is 5.56 Å². The van der Waals surface area contributed by atoms with E-state index in [1.54, 1.807) is 12.4 Å². The number of carboxylic acid groups (broad SMARTS) is 1. The van der Waals surface area contributed by atoms with Gasteiger partial charge in [0.25, 0.3) is 0 Å². The molecule has 0 bridgehead atoms. The molecule has 0 aromatic carbocycles. The average molecular weight is 409 g/mol. The maximum absolute atomic E-state index is 11.5. The number of carbonyl (C=O) groups is 1. The summed E-state index contributed by atoms with van der Waals surface area (Å²) in [5.41, 5.74) is 1.94. The summed E-state index contributed by atoms with van der Waals surface area (Å²) in [5, 5.41) is 13.8. The molecule has 9 heteroatoms. The number of anilines is 2. The quantitative estimate of drug-likeness (QED) is 0.639. The lowest BCUT2D eigenvalue weighted by atomic mass is 10.2. The van der Waals surface area contributed by atoms with Crippen LogP contribution in [0.5, 0.6) is 0 Å². The minimum Gasteiger partial charge on any atom is -0.478 e. The molecule has 2 N–H and O–H groups in total. The van der Waals surface area contributed by atoms with Gasteiger partial charge < -0.3 is 20.2 Å². The first-order chi connectivity index (χ1) is 14.5. The second-order valence-electron chi connectivity index (χ2n) is 7.41. The number of aromatic nitrogens is 4. The van der Waals surface area contributed by atoms with Crippen LogP contribution in [-0.4, -0.2) is 69.4 Å². The largest absolute Gasteiger partial charge is 0.478 e. The summed E-state index contributed by atoms with van der Waals surface area (Å²) in [6.45, 7) is 10.8. The zero-order valence-electron chi connectivity index (χ0n) is 17.5. The fourth-order valence-corrected chi connectivity index (χ4v) is 4.06. The maximum Gasteiger partial charge on any atom is 0.335 e. The standard InChI is InChI=1S/C21H27N7O2/c1-4-26(5-2)16-12-28(17-10-15(21(29)30)6-7-23-17)20-18(16)19(24-13-25-20)27-9-8-22-11-14(27)3/h6-7,10,12-14,22H,4-5,8-9,11H2,1-3H3,(H,29,30)/t14-/m0/s1. The van der Waals surface area contributed by atoms with Crippen LogP contribution in [0.2, 0.25) is 0 Å². The molecular weight excluding hydrogens is 382 g/mol. The second-order valence-corrected chi connectivity index (χ2v) is 7.41. The summed E-state index contributed by atoms with van der Waals surface area (Å²) in [7, 11) is 0. The first-order valence-electron chi connectivity index (χ1n) is 10.3. The fourth-order valence-electron chi connectivity index (χ4n) is 4.06. The molecule has 1 aliphatic heterocycles. The fraction of sp³-hybridized carbons (Fsp3) is 0.429. The Labute approximate surface area is 175 Å². The molecule has 1 atom stereocenters. The van der Waals surface area contributed by atoms with Crippen LogP contribution >= 0.6 is 0 Å². The third-order valence-electron chi connectivity index (χ3n) is 5.66. The van der Waals surface area contributed by atoms with Gasteiger partial charge in [0.1, 0.15) is 18.0 Å². The average Bonchev–Trinajstić information content (AvgIpc) is 3.15. The molecule has 0 aliphatic carbocycles. The number of aromatic carboxylic acids is 1. The van der Waals surface area contributed by atoms with E-state index < -0.39 is 5.97 Å². The number of piperazine rings is 1. The Morgan fingerprint density at radius 3 is 2.80 bits per heavy atom. The molecule has 0 spiro atoms. The first-order valence-corrected chi connectivity index (χ1v) is 10.3. The number of hydrogen-bond acceptors (Lipinski definition) is 7. The predicted molar refractivity (Wildman–Crippen MR) is 117 cm³/mol. The van der Waals surface area contributed by atoms with Gasteiger partial charge in [0.05, 0.1) is 16.6 Å². The van der Waals surface area contributed by atoms with Crippen LogP contribution < -0.4 is 15.1 Å². The third kappa shape index (κ3) is 3.45. The molecule has 1 saturated heterocycles. The molecule has 4 rings (SSSR count). The number of rotatable bonds is 6. The van der Waals surface area contributed by atoms with Crippen molar-refractivity contribution in [2.24, 2.45) is 0 Å². The van der Waals surface area contributed by atoms with E-state index in [4.69, 9.17) is 0 Å². The molecule has 158 valence electrons. The Balaban J connectivity index is 1.96. The summed E-state index contributed by atoms with van der Waals surface area (Å²) < 4.78 is 1.87. The van der Waals surface area contributed by atoms with E-state index in [9.17, 15) is 9.90 Å². The normalized spacial score (nSPS) is 16.8. The SMILES string of the molecule is CCN(CC)c1cn(-c2cc(C(=O)O)ccn2)c2ncnc(N3CCNC[C@@H]3C)c12. The van der Waals surface area contributed by atoms with Gasteiger partial charge in [0.15, 0.2) is 5.65 Å². The van der Waals surface area contributed by atoms with Crippen molar-refractivity contribution in [1.82, 2.24) is 24.8 Å². The number of nitrogens with one attached hydrogen (secondary N) is 1. The highest BCUT2D eigenvalue weighted by molar-refractivity contribution is 6.00. The molecule has 0 unspecified atom stereocenters. The predicted octanol–water partition coefficient (Wildman–Crippen LogP) is 2.16. The number of pyridine rings is 1. The molecule has 4 heterocycles. The molecular formula is C21H27N7O2. The van der Waals surface area contributed by atoms with Crippen LogP contribution in [0.15, 0.2) is 30.9 Å². The number of carboxylic acids is 1. The summed E-state index contributed by atoms with van der Waals surface area (Å²) in [4.78, 5) is 29.7. The van der Waals surface area contributed by atoms with Gasteiger partial charge in [-0.05, 0) is 32.9 Å². The monoisotopic (exact) mass is 409 g/mol. The van der Waals surface area contributed by atoms with Crippen molar-refractivity contribution in [2.45, 2.75) is 26.8 Å². The highest BCUT2D eigenvalue weighted by Gasteiger charge is 2.26. The minimum atomic E-state index is -0.982. The Bertz CT molecular complexity index is 1060. The third-order valence-corrected chi connectivity index (χ3v) is 5.66. The Kier molecular flexibility index (Phi) is 5.54. The van der Waals surface area contributed by atoms with Gasteiger partial charge in [0.2, 0.25) is 0 Å². The molecule has 30 heavy (non-hydrogen) atoms. The first kappa shape index (κ1) is 20.1. The van der Waals surface area contributed by atoms with Crippen LogP contribution in [0.3, 0.4) is 0 Å². The lowest BCUT2D eigenvalue weighted by Crippen LogP contribution is -2.50. The maximum atomic E-state index is 11.5. The summed E-state index contributed by atoms with van der Waals surface area (Å²) in [6.07, 6.45) is 5.09. The van der Waals surface area contributed by atoms with Gasteiger partial charge in [-0.3, -0.25) is 4.57 Å². The molecule has 9 nitrogen and oxygen atoms in total. The zero-order chi connectivity index (χ0) is 21.3. The topological polar surface area (TPSA) is 99.4 Å². The highest BCUT2D eigenvalue weighted by Crippen LogP contribution is 2.36. The van der Waals surface area contributed by atoms with Gasteiger partial charge in [-0.15, -0.1) is 0 Å². The number of hydrogen-bond donors (Lipinski definition) is 2. The van der Waals surface area contributed by atoms with E-state index in [1.807, 2.05) is 10.8 Å². The molecule has 3 aromatic heterocycles. The summed E-state index contributed by atoms with van der Waals surface area (Å²) in [5.74, 6) is 0.449. The van der Waals surface area contributed by atoms with Gasteiger partial charge in [-0.2, -0.15) is 0 Å². The van der Waals surface area contributed by atoms with Gasteiger partial charge in [0, 0.05) is 51.2 Å². The van der Waals surface area contributed by atoms with E-state index in [1.165, 1.54) is 12.3 Å². The molecule has 0 amide bonds. The van der Waals surface area contributed by atoms with Gasteiger partial charge >= 0.3 is 5.97 Å². The van der Waals surface area contributed by atoms with Crippen LogP contribution in [0.25, 0.3) is 16.9 Å². The highest BCUT2D eigenvalue weighted by atomic mass is 16.4. The van der Waals surface area contributed by atoms with Crippen LogP contribution in [0, 0.1) is 0 Å². The van der Waals surface area contributed by atoms with Crippen LogP contribution in [-0.2, 0) is 0 Å². The Morgan fingerprint density at radius 1 is 1.30 bits per heavy atom. The Hall–Kier alpha value is -3.20. The number of nitrogens with zero attached hydrogens (tertiary/aromatic N) is 6. The summed E-state index contributed by atoms with van der Waals surface area (Å²) in [6, 6.07) is 3.37. The van der Waals surface area contributed by atoms with Crippen LogP contribution in [0.4, 0.5) is 11.5 Å². The lowest BCUT2D eigenvalue weighted by molar-refractivity contribution is 0.0696. The van der Waals surface area contributed by atoms with Crippen molar-refractivity contribution in [3.8, 4) is 5.82 Å². The van der Waals surface area contributed by atoms with Crippen LogP contribution in [0.1, 0.15) is 31.1 Å². The summed E-state index contributed by atoms with van der Waals surface area (Å²) >= 11 is 0. The van der Waals surface area contributed by atoms with Crippen molar-refractivity contribution in [1.29, 1.82) is 0 Å². The van der Waals surface area contributed by atoms with Crippen molar-refractivity contribution < 1.29 is 9.90 Å².